The van der Waals surface area contributed by atoms with E-state index in [9.17, 15) is 8.42 Å². The van der Waals surface area contributed by atoms with Crippen LogP contribution >= 0.6 is 0 Å². The molecule has 1 aromatic rings. The molecule has 1 aliphatic heterocycles. The highest BCUT2D eigenvalue weighted by Crippen LogP contribution is 2.10. The highest BCUT2D eigenvalue weighted by molar-refractivity contribution is 7.89. The average Bonchev–Trinajstić information content (AvgIpc) is 2.91. The van der Waals surface area contributed by atoms with Gasteiger partial charge in [-0.1, -0.05) is 0 Å². The molecule has 21 heavy (non-hydrogen) atoms. The third-order valence-electron chi connectivity index (χ3n) is 3.47. The Morgan fingerprint density at radius 1 is 1.33 bits per heavy atom. The second-order valence-corrected chi connectivity index (χ2v) is 7.58. The largest absolute Gasteiger partial charge is 0.378 e. The number of H-pyrrole nitrogens is 1. The van der Waals surface area contributed by atoms with Gasteiger partial charge in [-0.05, 0) is 19.9 Å². The zero-order valence-electron chi connectivity index (χ0n) is 12.7. The van der Waals surface area contributed by atoms with Crippen molar-refractivity contribution in [1.82, 2.24) is 19.4 Å². The molecule has 8 heteroatoms. The number of piperazine rings is 1. The number of sulfonamides is 1. The second kappa shape index (κ2) is 7.35. The monoisotopic (exact) mass is 316 g/mol. The Hall–Kier alpha value is -0.960. The van der Waals surface area contributed by atoms with Crippen molar-refractivity contribution >= 4 is 10.0 Å². The summed E-state index contributed by atoms with van der Waals surface area (Å²) in [5.74, 6) is 0.0612. The summed E-state index contributed by atoms with van der Waals surface area (Å²) in [4.78, 5) is 2.23. The average molecular weight is 316 g/mol. The SMILES string of the molecule is CC(C)OCCS(=O)(=O)N1CCN(Cc2ccn[nH]2)CC1. The van der Waals surface area contributed by atoms with E-state index in [2.05, 4.69) is 15.1 Å². The maximum absolute atomic E-state index is 12.2. The second-order valence-electron chi connectivity index (χ2n) is 5.49. The van der Waals surface area contributed by atoms with Crippen molar-refractivity contribution in [2.45, 2.75) is 26.5 Å². The Balaban J connectivity index is 1.77. The number of aromatic amines is 1. The fraction of sp³-hybridized carbons (Fsp3) is 0.769. The molecule has 1 aliphatic rings. The summed E-state index contributed by atoms with van der Waals surface area (Å²) >= 11 is 0. The Labute approximate surface area is 126 Å². The quantitative estimate of drug-likeness (QED) is 0.782. The molecule has 1 saturated heterocycles. The van der Waals surface area contributed by atoms with Crippen LogP contribution in [-0.2, 0) is 21.3 Å². The number of rotatable bonds is 7. The van der Waals surface area contributed by atoms with Gasteiger partial charge in [0.1, 0.15) is 0 Å². The van der Waals surface area contributed by atoms with Crippen LogP contribution in [0.2, 0.25) is 0 Å². The Morgan fingerprint density at radius 3 is 2.62 bits per heavy atom. The number of nitrogens with one attached hydrogen (secondary N) is 1. The summed E-state index contributed by atoms with van der Waals surface area (Å²) in [5.41, 5.74) is 1.05. The molecule has 0 radical (unpaired) electrons. The molecule has 0 atom stereocenters. The van der Waals surface area contributed by atoms with E-state index < -0.39 is 10.0 Å². The van der Waals surface area contributed by atoms with Crippen LogP contribution in [0.1, 0.15) is 19.5 Å². The minimum Gasteiger partial charge on any atom is -0.378 e. The molecule has 0 unspecified atom stereocenters. The van der Waals surface area contributed by atoms with Crippen molar-refractivity contribution in [3.05, 3.63) is 18.0 Å². The van der Waals surface area contributed by atoms with Gasteiger partial charge in [0, 0.05) is 44.6 Å². The molecule has 1 fully saturated rings. The molecule has 1 N–H and O–H groups in total. The number of nitrogens with zero attached hydrogens (tertiary/aromatic N) is 3. The third-order valence-corrected chi connectivity index (χ3v) is 5.30. The Morgan fingerprint density at radius 2 is 2.05 bits per heavy atom. The van der Waals surface area contributed by atoms with Crippen LogP contribution < -0.4 is 0 Å². The van der Waals surface area contributed by atoms with Crippen LogP contribution in [-0.4, -0.2) is 72.5 Å². The fourth-order valence-electron chi connectivity index (χ4n) is 2.30. The van der Waals surface area contributed by atoms with Crippen molar-refractivity contribution in [2.24, 2.45) is 0 Å². The first-order valence-electron chi connectivity index (χ1n) is 7.27. The lowest BCUT2D eigenvalue weighted by Gasteiger charge is -2.33. The van der Waals surface area contributed by atoms with Crippen LogP contribution in [0.3, 0.4) is 0 Å². The van der Waals surface area contributed by atoms with Crippen molar-refractivity contribution in [1.29, 1.82) is 0 Å². The summed E-state index contributed by atoms with van der Waals surface area (Å²) in [6.07, 6.45) is 1.79. The maximum atomic E-state index is 12.2. The van der Waals surface area contributed by atoms with Gasteiger partial charge in [0.05, 0.1) is 18.5 Å². The van der Waals surface area contributed by atoms with Crippen molar-refractivity contribution in [3.63, 3.8) is 0 Å². The summed E-state index contributed by atoms with van der Waals surface area (Å²) in [5, 5.41) is 6.84. The van der Waals surface area contributed by atoms with Crippen LogP contribution in [0, 0.1) is 0 Å². The molecular weight excluding hydrogens is 292 g/mol. The lowest BCUT2D eigenvalue weighted by Crippen LogP contribution is -2.49. The van der Waals surface area contributed by atoms with Crippen LogP contribution in [0.15, 0.2) is 12.3 Å². The molecule has 120 valence electrons. The summed E-state index contributed by atoms with van der Waals surface area (Å²) < 4.78 is 31.3. The third kappa shape index (κ3) is 5.06. The van der Waals surface area contributed by atoms with Crippen molar-refractivity contribution < 1.29 is 13.2 Å². The summed E-state index contributed by atoms with van der Waals surface area (Å²) in [6.45, 7) is 7.41. The normalized spacial score (nSPS) is 18.4. The van der Waals surface area contributed by atoms with Gasteiger partial charge in [-0.15, -0.1) is 0 Å². The zero-order valence-corrected chi connectivity index (χ0v) is 13.5. The van der Waals surface area contributed by atoms with E-state index in [0.717, 1.165) is 25.3 Å². The van der Waals surface area contributed by atoms with Crippen LogP contribution in [0.4, 0.5) is 0 Å². The lowest BCUT2D eigenvalue weighted by atomic mass is 10.3. The maximum Gasteiger partial charge on any atom is 0.216 e. The Kier molecular flexibility index (Phi) is 5.74. The highest BCUT2D eigenvalue weighted by atomic mass is 32.2. The van der Waals surface area contributed by atoms with E-state index >= 15 is 0 Å². The van der Waals surface area contributed by atoms with Gasteiger partial charge in [0.15, 0.2) is 0 Å². The van der Waals surface area contributed by atoms with Gasteiger partial charge < -0.3 is 4.74 Å². The summed E-state index contributed by atoms with van der Waals surface area (Å²) in [7, 11) is -3.20. The smallest absolute Gasteiger partial charge is 0.216 e. The van der Waals surface area contributed by atoms with E-state index in [-0.39, 0.29) is 18.5 Å². The van der Waals surface area contributed by atoms with E-state index in [1.807, 2.05) is 19.9 Å². The van der Waals surface area contributed by atoms with E-state index in [1.54, 1.807) is 10.5 Å². The summed E-state index contributed by atoms with van der Waals surface area (Å²) in [6, 6.07) is 1.94. The molecular formula is C13H24N4O3S. The molecule has 0 aliphatic carbocycles. The highest BCUT2D eigenvalue weighted by Gasteiger charge is 2.26. The van der Waals surface area contributed by atoms with Gasteiger partial charge in [-0.25, -0.2) is 8.42 Å². The van der Waals surface area contributed by atoms with Crippen molar-refractivity contribution in [3.8, 4) is 0 Å². The predicted octanol–water partition coefficient (Wildman–Crippen LogP) is 0.282. The van der Waals surface area contributed by atoms with E-state index in [0.29, 0.717) is 13.1 Å². The molecule has 1 aromatic heterocycles. The van der Waals surface area contributed by atoms with Gasteiger partial charge in [0.2, 0.25) is 10.0 Å². The zero-order chi connectivity index (χ0) is 15.3. The minimum atomic E-state index is -3.20. The molecule has 2 heterocycles. The number of hydrogen-bond acceptors (Lipinski definition) is 5. The topological polar surface area (TPSA) is 78.5 Å². The first-order valence-corrected chi connectivity index (χ1v) is 8.88. The van der Waals surface area contributed by atoms with Gasteiger partial charge in [-0.2, -0.15) is 9.40 Å². The molecule has 0 aromatic carbocycles. The van der Waals surface area contributed by atoms with Crippen LogP contribution in [0.25, 0.3) is 0 Å². The molecule has 7 nitrogen and oxygen atoms in total. The minimum absolute atomic E-state index is 0.0612. The molecule has 0 bridgehead atoms. The number of aromatic nitrogens is 2. The first kappa shape index (κ1) is 16.4. The first-order chi connectivity index (χ1) is 9.97. The number of ether oxygens (including phenoxy) is 1. The van der Waals surface area contributed by atoms with Gasteiger partial charge in [0.25, 0.3) is 0 Å². The fourth-order valence-corrected chi connectivity index (χ4v) is 3.58. The van der Waals surface area contributed by atoms with Gasteiger partial charge >= 0.3 is 0 Å². The molecule has 2 rings (SSSR count). The Bertz CT molecular complexity index is 508. The van der Waals surface area contributed by atoms with E-state index in [4.69, 9.17) is 4.74 Å². The molecule has 0 amide bonds. The standard InChI is InChI=1S/C13H24N4O3S/c1-12(2)20-9-10-21(18,19)17-7-5-16(6-8-17)11-13-3-4-14-15-13/h3-4,12H,5-11H2,1-2H3,(H,14,15). The van der Waals surface area contributed by atoms with Crippen molar-refractivity contribution in [2.75, 3.05) is 38.5 Å². The number of hydrogen-bond donors (Lipinski definition) is 1. The van der Waals surface area contributed by atoms with E-state index in [1.165, 1.54) is 0 Å². The predicted molar refractivity (Wildman–Crippen MR) is 80.3 cm³/mol. The van der Waals surface area contributed by atoms with Crippen LogP contribution in [0.5, 0.6) is 0 Å². The van der Waals surface area contributed by atoms with Gasteiger partial charge in [-0.3, -0.25) is 10.00 Å². The molecule has 0 spiro atoms. The molecule has 0 saturated carbocycles. The lowest BCUT2D eigenvalue weighted by molar-refractivity contribution is 0.0902.